The molecule has 0 aromatic heterocycles. The number of esters is 1. The van der Waals surface area contributed by atoms with Crippen LogP contribution in [-0.2, 0) is 9.53 Å². The van der Waals surface area contributed by atoms with Crippen molar-refractivity contribution in [2.24, 2.45) is 0 Å². The van der Waals surface area contributed by atoms with Gasteiger partial charge in [0.25, 0.3) is 5.91 Å². The van der Waals surface area contributed by atoms with Crippen molar-refractivity contribution >= 4 is 17.9 Å². The van der Waals surface area contributed by atoms with Gasteiger partial charge in [0.1, 0.15) is 0 Å². The number of hydrogen-bond acceptors (Lipinski definition) is 7. The molecule has 0 aliphatic heterocycles. The van der Waals surface area contributed by atoms with Gasteiger partial charge in [-0.25, -0.2) is 9.59 Å². The average Bonchev–Trinajstić information content (AvgIpc) is 2.56. The molecule has 0 aliphatic carbocycles. The summed E-state index contributed by atoms with van der Waals surface area (Å²) < 4.78 is 20.4. The van der Waals surface area contributed by atoms with Gasteiger partial charge in [0.2, 0.25) is 5.75 Å². The molecule has 1 rings (SSSR count). The van der Waals surface area contributed by atoms with Gasteiger partial charge in [-0.05, 0) is 32.9 Å². The van der Waals surface area contributed by atoms with Crippen molar-refractivity contribution in [2.45, 2.75) is 26.3 Å². The molecule has 0 radical (unpaired) electrons. The highest BCUT2D eigenvalue weighted by Gasteiger charge is 2.20. The summed E-state index contributed by atoms with van der Waals surface area (Å²) in [5, 5.41) is 4.62. The Labute approximate surface area is 151 Å². The molecule has 0 atom stereocenters. The molecule has 0 spiro atoms. The van der Waals surface area contributed by atoms with Gasteiger partial charge >= 0.3 is 12.0 Å². The quantitative estimate of drug-likeness (QED) is 0.732. The Morgan fingerprint density at radius 2 is 1.50 bits per heavy atom. The number of ether oxygens (including phenoxy) is 4. The maximum atomic E-state index is 12.1. The maximum absolute atomic E-state index is 12.1. The lowest BCUT2D eigenvalue weighted by Gasteiger charge is -2.20. The molecule has 3 amide bonds. The van der Waals surface area contributed by atoms with Crippen LogP contribution in [0.4, 0.5) is 4.79 Å². The van der Waals surface area contributed by atoms with E-state index in [0.29, 0.717) is 5.75 Å². The Balaban J connectivity index is 2.74. The van der Waals surface area contributed by atoms with E-state index in [9.17, 15) is 14.4 Å². The van der Waals surface area contributed by atoms with Gasteiger partial charge in [0.15, 0.2) is 18.1 Å². The molecule has 9 nitrogen and oxygen atoms in total. The van der Waals surface area contributed by atoms with E-state index in [-0.39, 0.29) is 17.1 Å². The smallest absolute Gasteiger partial charge is 0.338 e. The summed E-state index contributed by atoms with van der Waals surface area (Å²) in [6.07, 6.45) is 0. The number of urea groups is 1. The summed E-state index contributed by atoms with van der Waals surface area (Å²) in [5.41, 5.74) is -0.400. The van der Waals surface area contributed by atoms with Crippen LogP contribution in [0.5, 0.6) is 17.2 Å². The zero-order chi connectivity index (χ0) is 19.9. The zero-order valence-corrected chi connectivity index (χ0v) is 15.7. The number of carbonyl (C=O) groups excluding carboxylic acids is 3. The minimum absolute atomic E-state index is 0.103. The van der Waals surface area contributed by atoms with Crippen molar-refractivity contribution in [2.75, 3.05) is 27.9 Å². The predicted molar refractivity (Wildman–Crippen MR) is 92.8 cm³/mol. The number of rotatable bonds is 6. The number of carbonyl (C=O) groups is 3. The molecule has 0 heterocycles. The normalized spacial score (nSPS) is 10.5. The van der Waals surface area contributed by atoms with Gasteiger partial charge in [0, 0.05) is 5.54 Å². The summed E-state index contributed by atoms with van der Waals surface area (Å²) >= 11 is 0. The summed E-state index contributed by atoms with van der Waals surface area (Å²) in [5.74, 6) is -0.674. The van der Waals surface area contributed by atoms with Gasteiger partial charge in [0.05, 0.1) is 26.9 Å². The molecule has 0 saturated heterocycles. The molecule has 26 heavy (non-hydrogen) atoms. The number of nitrogens with one attached hydrogen (secondary N) is 2. The summed E-state index contributed by atoms with van der Waals surface area (Å²) in [6.45, 7) is 4.68. The van der Waals surface area contributed by atoms with Crippen molar-refractivity contribution in [3.8, 4) is 17.2 Å². The van der Waals surface area contributed by atoms with Crippen molar-refractivity contribution in [3.05, 3.63) is 17.7 Å². The van der Waals surface area contributed by atoms with Crippen molar-refractivity contribution in [1.29, 1.82) is 0 Å². The first-order valence-corrected chi connectivity index (χ1v) is 7.70. The van der Waals surface area contributed by atoms with E-state index in [0.717, 1.165) is 0 Å². The SMILES string of the molecule is COc1cc(C(=O)OCC(=O)NC(=O)NC(C)(C)C)cc(OC)c1OC. The van der Waals surface area contributed by atoms with Crippen LogP contribution in [0.15, 0.2) is 12.1 Å². The minimum atomic E-state index is -0.782. The molecule has 9 heteroatoms. The molecule has 0 bridgehead atoms. The van der Waals surface area contributed by atoms with Crippen LogP contribution in [-0.4, -0.2) is 51.4 Å². The number of imide groups is 1. The second kappa shape index (κ2) is 8.93. The van der Waals surface area contributed by atoms with E-state index in [4.69, 9.17) is 18.9 Å². The molecule has 1 aromatic carbocycles. The Morgan fingerprint density at radius 3 is 1.92 bits per heavy atom. The lowest BCUT2D eigenvalue weighted by Crippen LogP contribution is -2.49. The summed E-state index contributed by atoms with van der Waals surface area (Å²) in [4.78, 5) is 35.4. The van der Waals surface area contributed by atoms with Gasteiger partial charge in [-0.1, -0.05) is 0 Å². The molecule has 0 saturated carbocycles. The highest BCUT2D eigenvalue weighted by molar-refractivity contribution is 5.97. The predicted octanol–water partition coefficient (Wildman–Crippen LogP) is 1.49. The zero-order valence-electron chi connectivity index (χ0n) is 15.7. The van der Waals surface area contributed by atoms with Gasteiger partial charge in [-0.2, -0.15) is 0 Å². The first-order chi connectivity index (χ1) is 12.1. The van der Waals surface area contributed by atoms with Crippen LogP contribution in [0, 0.1) is 0 Å². The standard InChI is InChI=1S/C17H24N2O7/c1-17(2,3)19-16(22)18-13(20)9-26-15(21)10-7-11(23-4)14(25-6)12(8-10)24-5/h7-8H,9H2,1-6H3,(H2,18,19,20,22). The Bertz CT molecular complexity index is 655. The fraction of sp³-hybridized carbons (Fsp3) is 0.471. The Morgan fingerprint density at radius 1 is 0.962 bits per heavy atom. The summed E-state index contributed by atoms with van der Waals surface area (Å²) in [6, 6.07) is 2.12. The molecule has 0 unspecified atom stereocenters. The van der Waals surface area contributed by atoms with Gasteiger partial charge < -0.3 is 24.3 Å². The van der Waals surface area contributed by atoms with Crippen LogP contribution in [0.25, 0.3) is 0 Å². The van der Waals surface area contributed by atoms with Crippen molar-refractivity contribution in [3.63, 3.8) is 0 Å². The largest absolute Gasteiger partial charge is 0.493 e. The van der Waals surface area contributed by atoms with E-state index in [2.05, 4.69) is 10.6 Å². The molecule has 1 aromatic rings. The van der Waals surface area contributed by atoms with Crippen LogP contribution >= 0.6 is 0 Å². The van der Waals surface area contributed by atoms with Crippen molar-refractivity contribution < 1.29 is 33.3 Å². The fourth-order valence-corrected chi connectivity index (χ4v) is 1.95. The number of benzene rings is 1. The Kier molecular flexibility index (Phi) is 7.24. The Hall–Kier alpha value is -2.97. The third-order valence-corrected chi connectivity index (χ3v) is 2.98. The van der Waals surface area contributed by atoms with Crippen LogP contribution in [0.2, 0.25) is 0 Å². The van der Waals surface area contributed by atoms with E-state index >= 15 is 0 Å². The lowest BCUT2D eigenvalue weighted by molar-refractivity contribution is -0.123. The third-order valence-electron chi connectivity index (χ3n) is 2.98. The lowest BCUT2D eigenvalue weighted by atomic mass is 10.1. The molecule has 144 valence electrons. The fourth-order valence-electron chi connectivity index (χ4n) is 1.95. The third kappa shape index (κ3) is 6.15. The molecular weight excluding hydrogens is 344 g/mol. The van der Waals surface area contributed by atoms with E-state index in [1.54, 1.807) is 20.8 Å². The van der Waals surface area contributed by atoms with Crippen LogP contribution in [0.1, 0.15) is 31.1 Å². The van der Waals surface area contributed by atoms with Crippen LogP contribution in [0.3, 0.4) is 0 Å². The highest BCUT2D eigenvalue weighted by atomic mass is 16.5. The molecule has 0 aliphatic rings. The second-order valence-electron chi connectivity index (χ2n) is 6.24. The molecular formula is C17H24N2O7. The minimum Gasteiger partial charge on any atom is -0.493 e. The van der Waals surface area contributed by atoms with Crippen molar-refractivity contribution in [1.82, 2.24) is 10.6 Å². The number of methoxy groups -OCH3 is 3. The monoisotopic (exact) mass is 368 g/mol. The second-order valence-corrected chi connectivity index (χ2v) is 6.24. The highest BCUT2D eigenvalue weighted by Crippen LogP contribution is 2.38. The molecule has 0 fully saturated rings. The van der Waals surface area contributed by atoms with Crippen LogP contribution < -0.4 is 24.8 Å². The van der Waals surface area contributed by atoms with E-state index < -0.39 is 30.1 Å². The average molecular weight is 368 g/mol. The summed E-state index contributed by atoms with van der Waals surface area (Å²) in [7, 11) is 4.26. The van der Waals surface area contributed by atoms with E-state index in [1.165, 1.54) is 33.5 Å². The number of amides is 3. The maximum Gasteiger partial charge on any atom is 0.338 e. The van der Waals surface area contributed by atoms with Gasteiger partial charge in [-0.15, -0.1) is 0 Å². The topological polar surface area (TPSA) is 112 Å². The first kappa shape index (κ1) is 21.1. The number of hydrogen-bond donors (Lipinski definition) is 2. The molecule has 2 N–H and O–H groups in total. The first-order valence-electron chi connectivity index (χ1n) is 7.70. The van der Waals surface area contributed by atoms with Gasteiger partial charge in [-0.3, -0.25) is 10.1 Å². The van der Waals surface area contributed by atoms with E-state index in [1.807, 2.05) is 0 Å².